The van der Waals surface area contributed by atoms with Crippen LogP contribution < -0.4 is 0 Å². The Kier molecular flexibility index (Phi) is 117. The molecule has 0 bridgehead atoms. The Balaban J connectivity index is -0.0000000372. The van der Waals surface area contributed by atoms with Crippen molar-refractivity contribution in [1.82, 2.24) is 0 Å². The predicted octanol–water partition coefficient (Wildman–Crippen LogP) is 7.20. The minimum Gasteiger partial charge on any atom is -0.520 e. The van der Waals surface area contributed by atoms with E-state index in [-0.39, 0.29) is 131 Å². The maximum Gasteiger partial charge on any atom is 0.0227 e. The summed E-state index contributed by atoms with van der Waals surface area (Å²) in [6.07, 6.45) is 27.0. The monoisotopic (exact) mass is 742 g/mol. The molecular formula is C27H34N2Y4-8. The van der Waals surface area contributed by atoms with Gasteiger partial charge in [-0.2, -0.15) is 6.42 Å². The number of nitrogens with zero attached hydrogens (tertiary/aromatic N) is 2. The molecular weight excluding hydrogens is 708 g/mol. The van der Waals surface area contributed by atoms with Gasteiger partial charge in [-0.25, -0.2) is 0 Å². The molecule has 0 saturated carbocycles. The van der Waals surface area contributed by atoms with Crippen LogP contribution in [0.15, 0.2) is 77.1 Å². The topological polar surface area (TPSA) is 24.7 Å². The van der Waals surface area contributed by atoms with Crippen molar-refractivity contribution in [2.75, 3.05) is 0 Å². The third kappa shape index (κ3) is 97.2. The van der Waals surface area contributed by atoms with E-state index in [4.69, 9.17) is 46.1 Å². The van der Waals surface area contributed by atoms with Gasteiger partial charge in [0.2, 0.25) is 0 Å². The number of rotatable bonds is 6. The zero-order chi connectivity index (χ0) is 22.8. The summed E-state index contributed by atoms with van der Waals surface area (Å²) < 4.78 is 0. The maximum absolute atomic E-state index is 4.90. The maximum atomic E-state index is 4.90. The van der Waals surface area contributed by atoms with Gasteiger partial charge >= 0.3 is 0 Å². The van der Waals surface area contributed by atoms with E-state index >= 15 is 0 Å². The molecule has 0 aromatic carbocycles. The van der Waals surface area contributed by atoms with Crippen LogP contribution in [-0.2, 0) is 131 Å². The van der Waals surface area contributed by atoms with E-state index in [1.165, 1.54) is 49.0 Å². The van der Waals surface area contributed by atoms with Crippen molar-refractivity contribution in [3.8, 4) is 0 Å². The SMILES string of the molecule is C1=CN=CC1.C1=CN=CCC1.[CH-]=CC=[CH-].[CH-]=CCC=[CH-].[CH-]=CCC=[CH-].[CH-]=CC[CH2-].[Y].[Y].[Y].[Y]. The first-order valence-corrected chi connectivity index (χ1v) is 9.04. The summed E-state index contributed by atoms with van der Waals surface area (Å²) in [5, 5.41) is 0. The minimum atomic E-state index is 0. The molecule has 0 atom stereocenters. The molecule has 2 aliphatic heterocycles. The van der Waals surface area contributed by atoms with Gasteiger partial charge in [-0.3, -0.25) is 34.3 Å². The summed E-state index contributed by atoms with van der Waals surface area (Å²) in [4.78, 5) is 7.65. The molecule has 0 unspecified atom stereocenters. The van der Waals surface area contributed by atoms with E-state index in [0.717, 1.165) is 19.3 Å². The van der Waals surface area contributed by atoms with Crippen LogP contribution in [0.5, 0.6) is 0 Å². The number of hydrogen-bond acceptors (Lipinski definition) is 2. The van der Waals surface area contributed by atoms with E-state index in [2.05, 4.69) is 23.0 Å². The van der Waals surface area contributed by atoms with Crippen molar-refractivity contribution in [2.24, 2.45) is 9.98 Å². The Morgan fingerprint density at radius 3 is 1.06 bits per heavy atom. The van der Waals surface area contributed by atoms with Gasteiger partial charge in [0.1, 0.15) is 0 Å². The summed E-state index contributed by atoms with van der Waals surface area (Å²) >= 11 is 0. The Bertz CT molecular complexity index is 466. The molecule has 33 heavy (non-hydrogen) atoms. The van der Waals surface area contributed by atoms with Crippen LogP contribution >= 0.6 is 0 Å². The third-order valence-corrected chi connectivity index (χ3v) is 2.12. The number of allylic oxidation sites excluding steroid dienone is 9. The fourth-order valence-corrected chi connectivity index (χ4v) is 0.903. The van der Waals surface area contributed by atoms with Crippen LogP contribution in [0.4, 0.5) is 0 Å². The summed E-state index contributed by atoms with van der Waals surface area (Å²) in [5.41, 5.74) is 0. The van der Waals surface area contributed by atoms with Crippen molar-refractivity contribution in [3.05, 3.63) is 120 Å². The van der Waals surface area contributed by atoms with Gasteiger partial charge in [0.25, 0.3) is 0 Å². The molecule has 2 rings (SSSR count). The summed E-state index contributed by atoms with van der Waals surface area (Å²) in [6, 6.07) is 0. The largest absolute Gasteiger partial charge is 0.520 e. The Labute approximate surface area is 306 Å². The molecule has 0 aromatic heterocycles. The average Bonchev–Trinajstić information content (AvgIpc) is 3.38. The molecule has 2 nitrogen and oxygen atoms in total. The molecule has 0 N–H and O–H groups in total. The fourth-order valence-electron chi connectivity index (χ4n) is 0.903. The molecule has 0 aliphatic carbocycles. The third-order valence-electron chi connectivity index (χ3n) is 2.12. The Morgan fingerprint density at radius 2 is 1.00 bits per heavy atom. The number of aliphatic imine (C=N–C) groups is 2. The second kappa shape index (κ2) is 69.9. The smallest absolute Gasteiger partial charge is 0.0227 e. The van der Waals surface area contributed by atoms with Crippen LogP contribution in [0, 0.1) is 53.0 Å². The normalized spacial score (nSPS) is 9.36. The van der Waals surface area contributed by atoms with Gasteiger partial charge in [-0.15, -0.1) is 0 Å². The predicted molar refractivity (Wildman–Crippen MR) is 130 cm³/mol. The molecule has 2 heterocycles. The van der Waals surface area contributed by atoms with Crippen molar-refractivity contribution in [1.29, 1.82) is 0 Å². The minimum absolute atomic E-state index is 0. The molecule has 2 aliphatic rings. The van der Waals surface area contributed by atoms with Crippen molar-refractivity contribution in [3.63, 3.8) is 0 Å². The Morgan fingerprint density at radius 1 is 0.606 bits per heavy atom. The zero-order valence-electron chi connectivity index (χ0n) is 19.7. The van der Waals surface area contributed by atoms with Crippen LogP contribution in [0.2, 0.25) is 0 Å². The molecule has 0 saturated heterocycles. The van der Waals surface area contributed by atoms with Crippen molar-refractivity contribution >= 4 is 12.4 Å². The van der Waals surface area contributed by atoms with Gasteiger partial charge in [0, 0.05) is 162 Å². The molecule has 0 spiro atoms. The summed E-state index contributed by atoms with van der Waals surface area (Å²) in [6.45, 7) is 37.3. The molecule has 0 fully saturated rings. The number of hydrogen-bond donors (Lipinski definition) is 0. The standard InChI is InChI=1S/C5H7N.2C5H6.C4H5N.C4H6.C4H4.4Y/c1-2-4-6-5-3-1;2*1-3-5-4-2;1-2-4-5-3-1;2*1-3-4-2;;;;/h2,4-5H,1,3H2;2*1-4H,5H2;1,3-4H,2H2;1,3H,2,4H2;1-4H;;;;/q;2*-2;;2*-2;;;;. The first kappa shape index (κ1) is 55.1. The zero-order valence-corrected chi connectivity index (χ0v) is 31.1. The van der Waals surface area contributed by atoms with E-state index < -0.39 is 0 Å². The fraction of sp³-hybridized carbons (Fsp3) is 0.222. The van der Waals surface area contributed by atoms with E-state index in [1.807, 2.05) is 24.7 Å². The molecule has 0 aromatic rings. The van der Waals surface area contributed by atoms with E-state index in [0.29, 0.717) is 12.8 Å². The molecule has 172 valence electrons. The van der Waals surface area contributed by atoms with Gasteiger partial charge < -0.3 is 71.2 Å². The second-order valence-electron chi connectivity index (χ2n) is 4.57. The van der Waals surface area contributed by atoms with E-state index in [9.17, 15) is 0 Å². The molecule has 6 heteroatoms. The van der Waals surface area contributed by atoms with Gasteiger partial charge in [0.15, 0.2) is 0 Å². The second-order valence-corrected chi connectivity index (χ2v) is 4.57. The quantitative estimate of drug-likeness (QED) is 0.203. The first-order chi connectivity index (χ1) is 14.2. The van der Waals surface area contributed by atoms with Gasteiger partial charge in [0.05, 0.1) is 0 Å². The summed E-state index contributed by atoms with van der Waals surface area (Å²) in [7, 11) is 0. The first-order valence-electron chi connectivity index (χ1n) is 9.04. The Hall–Kier alpha value is 1.42. The van der Waals surface area contributed by atoms with Gasteiger partial charge in [-0.1, -0.05) is 25.0 Å². The van der Waals surface area contributed by atoms with Crippen molar-refractivity contribution in [2.45, 2.75) is 38.5 Å². The summed E-state index contributed by atoms with van der Waals surface area (Å²) in [5.74, 6) is 0. The van der Waals surface area contributed by atoms with E-state index in [1.54, 1.807) is 6.20 Å². The van der Waals surface area contributed by atoms with Crippen LogP contribution in [0.25, 0.3) is 0 Å². The van der Waals surface area contributed by atoms with Crippen LogP contribution in [0.3, 0.4) is 0 Å². The van der Waals surface area contributed by atoms with Crippen LogP contribution in [0.1, 0.15) is 38.5 Å². The van der Waals surface area contributed by atoms with Gasteiger partial charge in [-0.05, 0) is 12.8 Å². The van der Waals surface area contributed by atoms with Crippen molar-refractivity contribution < 1.29 is 131 Å². The van der Waals surface area contributed by atoms with Crippen LogP contribution in [-0.4, -0.2) is 12.4 Å². The average molecular weight is 742 g/mol. The molecule has 0 amide bonds. The molecule has 4 radical (unpaired) electrons.